The molecule has 0 saturated carbocycles. The van der Waals surface area contributed by atoms with Gasteiger partial charge in [-0.1, -0.05) is 67.4 Å². The minimum atomic E-state index is -0.380. The summed E-state index contributed by atoms with van der Waals surface area (Å²) in [5.74, 6) is -0.452. The van der Waals surface area contributed by atoms with Gasteiger partial charge in [0.25, 0.3) is 0 Å². The van der Waals surface area contributed by atoms with E-state index in [4.69, 9.17) is 16.3 Å². The SMILES string of the molecule is CCOC(=O)CN1CC(c2ccccc2Cl)c2cc(C)ccc2C(CC(C)C)C1=O. The Labute approximate surface area is 184 Å². The van der Waals surface area contributed by atoms with E-state index in [9.17, 15) is 9.59 Å². The molecule has 0 N–H and O–H groups in total. The van der Waals surface area contributed by atoms with E-state index in [0.29, 0.717) is 24.1 Å². The van der Waals surface area contributed by atoms with Gasteiger partial charge in [-0.15, -0.1) is 0 Å². The van der Waals surface area contributed by atoms with Gasteiger partial charge >= 0.3 is 5.97 Å². The molecular formula is C25H30ClNO3. The van der Waals surface area contributed by atoms with Crippen LogP contribution in [0.4, 0.5) is 0 Å². The first kappa shape index (κ1) is 22.4. The van der Waals surface area contributed by atoms with Gasteiger partial charge in [-0.2, -0.15) is 0 Å². The van der Waals surface area contributed by atoms with Crippen LogP contribution in [-0.2, 0) is 14.3 Å². The first-order valence-electron chi connectivity index (χ1n) is 10.6. The van der Waals surface area contributed by atoms with Crippen molar-refractivity contribution in [1.82, 2.24) is 4.90 Å². The smallest absolute Gasteiger partial charge is 0.325 e. The summed E-state index contributed by atoms with van der Waals surface area (Å²) >= 11 is 6.58. The molecule has 1 amide bonds. The van der Waals surface area contributed by atoms with E-state index >= 15 is 0 Å². The Morgan fingerprint density at radius 2 is 1.90 bits per heavy atom. The number of hydrogen-bond donors (Lipinski definition) is 0. The molecule has 0 saturated heterocycles. The van der Waals surface area contributed by atoms with Crippen LogP contribution in [0.2, 0.25) is 5.02 Å². The molecule has 4 nitrogen and oxygen atoms in total. The number of hydrogen-bond acceptors (Lipinski definition) is 3. The normalized spacial score (nSPS) is 18.9. The molecule has 0 aromatic heterocycles. The third-order valence-electron chi connectivity index (χ3n) is 5.62. The first-order valence-corrected chi connectivity index (χ1v) is 11.0. The van der Waals surface area contributed by atoms with Crippen LogP contribution in [0.15, 0.2) is 42.5 Å². The van der Waals surface area contributed by atoms with Gasteiger partial charge < -0.3 is 9.64 Å². The maximum Gasteiger partial charge on any atom is 0.325 e. The molecule has 2 aromatic rings. The highest BCUT2D eigenvalue weighted by atomic mass is 35.5. The molecule has 0 spiro atoms. The Morgan fingerprint density at radius 3 is 2.57 bits per heavy atom. The second kappa shape index (κ2) is 9.65. The molecule has 2 atom stereocenters. The maximum absolute atomic E-state index is 13.6. The molecule has 30 heavy (non-hydrogen) atoms. The number of nitrogens with zero attached hydrogens (tertiary/aromatic N) is 1. The zero-order valence-corrected chi connectivity index (χ0v) is 18.9. The highest BCUT2D eigenvalue weighted by Crippen LogP contribution is 2.41. The van der Waals surface area contributed by atoms with Gasteiger partial charge in [0.05, 0.1) is 12.5 Å². The summed E-state index contributed by atoms with van der Waals surface area (Å²) in [7, 11) is 0. The summed E-state index contributed by atoms with van der Waals surface area (Å²) in [6, 6.07) is 14.1. The molecule has 5 heteroatoms. The lowest BCUT2D eigenvalue weighted by atomic mass is 9.81. The third kappa shape index (κ3) is 4.86. The monoisotopic (exact) mass is 427 g/mol. The number of halogens is 1. The number of aryl methyl sites for hydroxylation is 1. The average Bonchev–Trinajstić information content (AvgIpc) is 2.79. The first-order chi connectivity index (χ1) is 14.3. The molecule has 2 unspecified atom stereocenters. The Morgan fingerprint density at radius 1 is 1.17 bits per heavy atom. The fourth-order valence-corrected chi connectivity index (χ4v) is 4.57. The van der Waals surface area contributed by atoms with E-state index in [2.05, 4.69) is 39.0 Å². The molecule has 1 aliphatic heterocycles. The summed E-state index contributed by atoms with van der Waals surface area (Å²) in [6.07, 6.45) is 0.726. The molecular weight excluding hydrogens is 398 g/mol. The van der Waals surface area contributed by atoms with Gasteiger partial charge in [0.15, 0.2) is 0 Å². The van der Waals surface area contributed by atoms with Crippen molar-refractivity contribution in [2.75, 3.05) is 19.7 Å². The van der Waals surface area contributed by atoms with Crippen molar-refractivity contribution in [2.45, 2.75) is 46.0 Å². The van der Waals surface area contributed by atoms with Crippen LogP contribution in [-0.4, -0.2) is 36.5 Å². The highest BCUT2D eigenvalue weighted by molar-refractivity contribution is 6.31. The highest BCUT2D eigenvalue weighted by Gasteiger charge is 2.37. The lowest BCUT2D eigenvalue weighted by Gasteiger charge is -2.26. The van der Waals surface area contributed by atoms with Crippen LogP contribution in [0.25, 0.3) is 0 Å². The van der Waals surface area contributed by atoms with E-state index in [1.807, 2.05) is 24.3 Å². The molecule has 3 rings (SSSR count). The van der Waals surface area contributed by atoms with Gasteiger partial charge in [-0.3, -0.25) is 9.59 Å². The van der Waals surface area contributed by atoms with Gasteiger partial charge in [0, 0.05) is 17.5 Å². The van der Waals surface area contributed by atoms with Crippen molar-refractivity contribution in [3.63, 3.8) is 0 Å². The van der Waals surface area contributed by atoms with Gasteiger partial charge in [0.1, 0.15) is 6.54 Å². The standard InChI is InChI=1S/C25H30ClNO3/c1-5-30-24(28)15-27-14-22(19-8-6-7-9-23(19)26)20-13-17(4)10-11-18(20)21(25(27)29)12-16(2)3/h6-11,13,16,21-22H,5,12,14-15H2,1-4H3. The second-order valence-electron chi connectivity index (χ2n) is 8.41. The summed E-state index contributed by atoms with van der Waals surface area (Å²) in [5.41, 5.74) is 4.27. The number of carbonyl (C=O) groups is 2. The largest absolute Gasteiger partial charge is 0.465 e. The predicted octanol–water partition coefficient (Wildman–Crippen LogP) is 5.32. The van der Waals surface area contributed by atoms with Crippen LogP contribution >= 0.6 is 11.6 Å². The Bertz CT molecular complexity index is 924. The molecule has 2 aromatic carbocycles. The molecule has 0 aliphatic carbocycles. The minimum Gasteiger partial charge on any atom is -0.465 e. The van der Waals surface area contributed by atoms with Crippen molar-refractivity contribution in [3.8, 4) is 0 Å². The Balaban J connectivity index is 2.15. The van der Waals surface area contributed by atoms with Crippen LogP contribution in [0.5, 0.6) is 0 Å². The number of ether oxygens (including phenoxy) is 1. The Hall–Kier alpha value is -2.33. The van der Waals surface area contributed by atoms with Crippen LogP contribution < -0.4 is 0 Å². The lowest BCUT2D eigenvalue weighted by molar-refractivity contribution is -0.149. The van der Waals surface area contributed by atoms with Gasteiger partial charge in [-0.25, -0.2) is 0 Å². The molecule has 0 fully saturated rings. The molecule has 160 valence electrons. The summed E-state index contributed by atoms with van der Waals surface area (Å²) in [5, 5.41) is 0.667. The molecule has 0 bridgehead atoms. The molecule has 1 heterocycles. The van der Waals surface area contributed by atoms with Crippen molar-refractivity contribution in [2.24, 2.45) is 5.92 Å². The topological polar surface area (TPSA) is 46.6 Å². The van der Waals surface area contributed by atoms with Gasteiger partial charge in [0.2, 0.25) is 5.91 Å². The number of benzene rings is 2. The average molecular weight is 428 g/mol. The van der Waals surface area contributed by atoms with E-state index in [1.165, 1.54) is 0 Å². The fourth-order valence-electron chi connectivity index (χ4n) is 4.30. The fraction of sp³-hybridized carbons (Fsp3) is 0.440. The van der Waals surface area contributed by atoms with E-state index in [-0.39, 0.29) is 30.3 Å². The number of amides is 1. The Kier molecular flexibility index (Phi) is 7.19. The van der Waals surface area contributed by atoms with Crippen molar-refractivity contribution in [3.05, 3.63) is 69.7 Å². The third-order valence-corrected chi connectivity index (χ3v) is 5.96. The van der Waals surface area contributed by atoms with E-state index in [1.54, 1.807) is 11.8 Å². The summed E-state index contributed by atoms with van der Waals surface area (Å²) in [6.45, 7) is 8.71. The van der Waals surface area contributed by atoms with E-state index in [0.717, 1.165) is 28.7 Å². The van der Waals surface area contributed by atoms with Crippen LogP contribution in [0.3, 0.4) is 0 Å². The second-order valence-corrected chi connectivity index (χ2v) is 8.82. The van der Waals surface area contributed by atoms with Crippen LogP contribution in [0, 0.1) is 12.8 Å². The molecule has 0 radical (unpaired) electrons. The maximum atomic E-state index is 13.6. The zero-order valence-electron chi connectivity index (χ0n) is 18.2. The predicted molar refractivity (Wildman–Crippen MR) is 120 cm³/mol. The zero-order chi connectivity index (χ0) is 21.8. The quantitative estimate of drug-likeness (QED) is 0.586. The number of esters is 1. The van der Waals surface area contributed by atoms with Crippen molar-refractivity contribution >= 4 is 23.5 Å². The number of carbonyl (C=O) groups excluding carboxylic acids is 2. The van der Waals surface area contributed by atoms with Crippen molar-refractivity contribution < 1.29 is 14.3 Å². The summed E-state index contributed by atoms with van der Waals surface area (Å²) in [4.78, 5) is 27.6. The minimum absolute atomic E-state index is 0.0172. The van der Waals surface area contributed by atoms with Gasteiger partial charge in [-0.05, 0) is 48.9 Å². The molecule has 1 aliphatic rings. The van der Waals surface area contributed by atoms with E-state index < -0.39 is 0 Å². The van der Waals surface area contributed by atoms with Crippen molar-refractivity contribution in [1.29, 1.82) is 0 Å². The number of rotatable bonds is 6. The number of fused-ring (bicyclic) bond motifs is 1. The lowest BCUT2D eigenvalue weighted by Crippen LogP contribution is -2.40. The summed E-state index contributed by atoms with van der Waals surface area (Å²) < 4.78 is 5.15. The van der Waals surface area contributed by atoms with Crippen LogP contribution in [0.1, 0.15) is 61.3 Å².